The molecule has 1 aromatic carbocycles. The highest BCUT2D eigenvalue weighted by molar-refractivity contribution is 5.79. The summed E-state index contributed by atoms with van der Waals surface area (Å²) in [5, 5.41) is 16.0. The molecule has 0 bridgehead atoms. The first-order chi connectivity index (χ1) is 12.8. The summed E-state index contributed by atoms with van der Waals surface area (Å²) < 4.78 is 0. The predicted molar refractivity (Wildman–Crippen MR) is 111 cm³/mol. The molecule has 1 aliphatic heterocycles. The summed E-state index contributed by atoms with van der Waals surface area (Å²) in [7, 11) is 0. The molecule has 0 radical (unpaired) electrons. The van der Waals surface area contributed by atoms with Gasteiger partial charge in [0.1, 0.15) is 0 Å². The minimum Gasteiger partial charge on any atom is -0.396 e. The molecule has 0 amide bonds. The number of anilines is 1. The number of hydrogen-bond donors (Lipinski definition) is 3. The van der Waals surface area contributed by atoms with Crippen molar-refractivity contribution in [3.8, 4) is 0 Å². The molecule has 26 heavy (non-hydrogen) atoms. The minimum atomic E-state index is 0.325. The van der Waals surface area contributed by atoms with Crippen molar-refractivity contribution in [2.24, 2.45) is 10.9 Å². The zero-order valence-corrected chi connectivity index (χ0v) is 16.5. The highest BCUT2D eigenvalue weighted by Gasteiger charge is 2.18. The summed E-state index contributed by atoms with van der Waals surface area (Å²) in [6, 6.07) is 8.76. The van der Waals surface area contributed by atoms with E-state index in [0.29, 0.717) is 19.1 Å². The van der Waals surface area contributed by atoms with Crippen LogP contribution >= 0.6 is 0 Å². The van der Waals surface area contributed by atoms with E-state index in [2.05, 4.69) is 53.6 Å². The summed E-state index contributed by atoms with van der Waals surface area (Å²) >= 11 is 0. The van der Waals surface area contributed by atoms with E-state index in [4.69, 9.17) is 4.99 Å². The second-order valence-corrected chi connectivity index (χ2v) is 7.11. The van der Waals surface area contributed by atoms with Gasteiger partial charge in [0.05, 0.1) is 6.54 Å². The Labute approximate surface area is 158 Å². The van der Waals surface area contributed by atoms with Crippen LogP contribution in [0.4, 0.5) is 5.69 Å². The molecule has 0 aliphatic carbocycles. The van der Waals surface area contributed by atoms with Gasteiger partial charge in [-0.15, -0.1) is 0 Å². The van der Waals surface area contributed by atoms with Crippen LogP contribution in [0.1, 0.15) is 51.5 Å². The van der Waals surface area contributed by atoms with Crippen molar-refractivity contribution in [1.29, 1.82) is 0 Å². The number of aliphatic imine (C=N–C) groups is 1. The van der Waals surface area contributed by atoms with E-state index < -0.39 is 0 Å². The van der Waals surface area contributed by atoms with Crippen molar-refractivity contribution in [3.05, 3.63) is 29.8 Å². The average Bonchev–Trinajstić information content (AvgIpc) is 2.70. The Bertz CT molecular complexity index is 521. The molecule has 0 unspecified atom stereocenters. The van der Waals surface area contributed by atoms with Gasteiger partial charge in [-0.2, -0.15) is 0 Å². The molecule has 5 nitrogen and oxygen atoms in total. The summed E-state index contributed by atoms with van der Waals surface area (Å²) in [4.78, 5) is 7.11. The third-order valence-corrected chi connectivity index (χ3v) is 5.01. The zero-order valence-electron chi connectivity index (χ0n) is 16.5. The standard InChI is InChI=1S/C21H36N4O/c1-3-5-6-13-23-21(22-4-2)24-16-18-7-9-20(10-8-18)25-14-11-19(17-26)12-15-25/h7-10,19,26H,3-6,11-17H2,1-2H3,(H2,22,23,24). The molecular formula is C21H36N4O. The summed E-state index contributed by atoms with van der Waals surface area (Å²) in [5.74, 6) is 1.38. The first-order valence-corrected chi connectivity index (χ1v) is 10.2. The van der Waals surface area contributed by atoms with Crippen LogP contribution < -0.4 is 15.5 Å². The topological polar surface area (TPSA) is 59.9 Å². The first kappa shape index (κ1) is 20.6. The number of unbranched alkanes of at least 4 members (excludes halogenated alkanes) is 2. The number of aliphatic hydroxyl groups excluding tert-OH is 1. The second-order valence-electron chi connectivity index (χ2n) is 7.11. The number of piperidine rings is 1. The van der Waals surface area contributed by atoms with E-state index in [0.717, 1.165) is 45.0 Å². The molecule has 3 N–H and O–H groups in total. The van der Waals surface area contributed by atoms with Crippen LogP contribution in [-0.2, 0) is 6.54 Å². The normalized spacial score (nSPS) is 16.0. The summed E-state index contributed by atoms with van der Waals surface area (Å²) in [6.45, 7) is 9.26. The molecule has 0 atom stereocenters. The van der Waals surface area contributed by atoms with E-state index in [1.54, 1.807) is 0 Å². The lowest BCUT2D eigenvalue weighted by molar-refractivity contribution is 0.203. The maximum absolute atomic E-state index is 9.27. The smallest absolute Gasteiger partial charge is 0.191 e. The quantitative estimate of drug-likeness (QED) is 0.360. The van der Waals surface area contributed by atoms with Crippen LogP contribution in [0.3, 0.4) is 0 Å². The van der Waals surface area contributed by atoms with Crippen molar-refractivity contribution < 1.29 is 5.11 Å². The monoisotopic (exact) mass is 360 g/mol. The zero-order chi connectivity index (χ0) is 18.6. The van der Waals surface area contributed by atoms with Gasteiger partial charge in [-0.05, 0) is 49.8 Å². The Morgan fingerprint density at radius 1 is 1.12 bits per heavy atom. The Hall–Kier alpha value is -1.75. The van der Waals surface area contributed by atoms with Crippen molar-refractivity contribution in [3.63, 3.8) is 0 Å². The lowest BCUT2D eigenvalue weighted by atomic mass is 9.97. The number of hydrogen-bond acceptors (Lipinski definition) is 3. The van der Waals surface area contributed by atoms with Crippen LogP contribution in [0.25, 0.3) is 0 Å². The third kappa shape index (κ3) is 6.87. The van der Waals surface area contributed by atoms with E-state index in [-0.39, 0.29) is 0 Å². The van der Waals surface area contributed by atoms with Gasteiger partial charge in [-0.1, -0.05) is 31.9 Å². The fraction of sp³-hybridized carbons (Fsp3) is 0.667. The van der Waals surface area contributed by atoms with E-state index in [1.165, 1.54) is 30.5 Å². The van der Waals surface area contributed by atoms with E-state index in [9.17, 15) is 5.11 Å². The Morgan fingerprint density at radius 2 is 1.85 bits per heavy atom. The van der Waals surface area contributed by atoms with Gasteiger partial charge < -0.3 is 20.6 Å². The van der Waals surface area contributed by atoms with Gasteiger partial charge in [0.2, 0.25) is 0 Å². The molecule has 1 saturated heterocycles. The molecule has 1 aliphatic rings. The molecule has 1 aromatic rings. The molecule has 0 spiro atoms. The first-order valence-electron chi connectivity index (χ1n) is 10.2. The van der Waals surface area contributed by atoms with Gasteiger partial charge in [0.25, 0.3) is 0 Å². The lowest BCUT2D eigenvalue weighted by Gasteiger charge is -2.32. The molecule has 146 valence electrons. The van der Waals surface area contributed by atoms with Crippen molar-refractivity contribution in [2.45, 2.75) is 52.5 Å². The number of guanidine groups is 1. The average molecular weight is 361 g/mol. The second kappa shape index (κ2) is 11.8. The maximum atomic E-state index is 9.27. The van der Waals surface area contributed by atoms with Gasteiger partial charge in [0.15, 0.2) is 5.96 Å². The van der Waals surface area contributed by atoms with Crippen molar-refractivity contribution in [2.75, 3.05) is 37.7 Å². The minimum absolute atomic E-state index is 0.325. The highest BCUT2D eigenvalue weighted by atomic mass is 16.3. The Morgan fingerprint density at radius 3 is 2.46 bits per heavy atom. The van der Waals surface area contributed by atoms with Crippen LogP contribution in [-0.4, -0.2) is 43.9 Å². The van der Waals surface area contributed by atoms with Crippen molar-refractivity contribution >= 4 is 11.6 Å². The van der Waals surface area contributed by atoms with Crippen LogP contribution in [0, 0.1) is 5.92 Å². The molecule has 5 heteroatoms. The van der Waals surface area contributed by atoms with Crippen LogP contribution in [0.15, 0.2) is 29.3 Å². The fourth-order valence-corrected chi connectivity index (χ4v) is 3.28. The number of nitrogens with zero attached hydrogens (tertiary/aromatic N) is 2. The molecule has 0 saturated carbocycles. The number of aliphatic hydroxyl groups is 1. The predicted octanol–water partition coefficient (Wildman–Crippen LogP) is 3.14. The van der Waals surface area contributed by atoms with Crippen LogP contribution in [0.5, 0.6) is 0 Å². The summed E-state index contributed by atoms with van der Waals surface area (Å²) in [5.41, 5.74) is 2.50. The Kier molecular flexibility index (Phi) is 9.32. The van der Waals surface area contributed by atoms with Gasteiger partial charge >= 0.3 is 0 Å². The third-order valence-electron chi connectivity index (χ3n) is 5.01. The molecule has 2 rings (SSSR count). The highest BCUT2D eigenvalue weighted by Crippen LogP contribution is 2.23. The van der Waals surface area contributed by atoms with Crippen molar-refractivity contribution in [1.82, 2.24) is 10.6 Å². The molecule has 1 heterocycles. The van der Waals surface area contributed by atoms with E-state index >= 15 is 0 Å². The van der Waals surface area contributed by atoms with Crippen LogP contribution in [0.2, 0.25) is 0 Å². The largest absolute Gasteiger partial charge is 0.396 e. The Balaban J connectivity index is 1.84. The van der Waals surface area contributed by atoms with Gasteiger partial charge in [0, 0.05) is 38.5 Å². The SMILES string of the molecule is CCCCCNC(=NCc1ccc(N2CCC(CO)CC2)cc1)NCC. The molecule has 1 fully saturated rings. The number of rotatable bonds is 9. The molecule has 0 aromatic heterocycles. The molecular weight excluding hydrogens is 324 g/mol. The summed E-state index contributed by atoms with van der Waals surface area (Å²) in [6.07, 6.45) is 5.84. The van der Waals surface area contributed by atoms with E-state index in [1.807, 2.05) is 0 Å². The maximum Gasteiger partial charge on any atom is 0.191 e. The van der Waals surface area contributed by atoms with Gasteiger partial charge in [-0.25, -0.2) is 4.99 Å². The number of nitrogens with one attached hydrogen (secondary N) is 2. The van der Waals surface area contributed by atoms with Gasteiger partial charge in [-0.3, -0.25) is 0 Å². The lowest BCUT2D eigenvalue weighted by Crippen LogP contribution is -2.37. The fourth-order valence-electron chi connectivity index (χ4n) is 3.28. The number of benzene rings is 1.